The molecule has 128 valence electrons. The molecule has 3 aromatic rings. The largest absolute Gasteiger partial charge is 0.378 e. The van der Waals surface area contributed by atoms with Crippen molar-refractivity contribution in [1.82, 2.24) is 20.3 Å². The van der Waals surface area contributed by atoms with Crippen LogP contribution in [0.15, 0.2) is 42.6 Å². The van der Waals surface area contributed by atoms with Crippen LogP contribution < -0.4 is 10.6 Å². The number of aromatic amines is 1. The molecule has 1 fully saturated rings. The van der Waals surface area contributed by atoms with E-state index in [1.54, 1.807) is 6.20 Å². The third-order valence-electron chi connectivity index (χ3n) is 4.10. The third kappa shape index (κ3) is 3.67. The summed E-state index contributed by atoms with van der Waals surface area (Å²) in [5.74, 6) is 0.675. The number of pyridine rings is 1. The molecular weight excluding hydrogens is 318 g/mol. The Morgan fingerprint density at radius 1 is 1.32 bits per heavy atom. The molecule has 1 aliphatic heterocycles. The van der Waals surface area contributed by atoms with Gasteiger partial charge in [0.1, 0.15) is 5.69 Å². The predicted octanol–water partition coefficient (Wildman–Crippen LogP) is 1.94. The number of ether oxygens (including phenoxy) is 1. The minimum absolute atomic E-state index is 0.0354. The van der Waals surface area contributed by atoms with Gasteiger partial charge in [-0.25, -0.2) is 4.98 Å². The number of H-pyrrole nitrogens is 1. The fourth-order valence-electron chi connectivity index (χ4n) is 2.90. The summed E-state index contributed by atoms with van der Waals surface area (Å²) in [5, 5.41) is 6.21. The quantitative estimate of drug-likeness (QED) is 0.677. The number of amides is 1. The molecule has 1 unspecified atom stereocenters. The lowest BCUT2D eigenvalue weighted by atomic mass is 10.2. The van der Waals surface area contributed by atoms with Crippen LogP contribution in [0.5, 0.6) is 0 Å². The van der Waals surface area contributed by atoms with Gasteiger partial charge in [0, 0.05) is 30.9 Å². The second-order valence-electron chi connectivity index (χ2n) is 6.01. The fraction of sp³-hybridized carbons (Fsp3) is 0.278. The Morgan fingerprint density at radius 2 is 2.28 bits per heavy atom. The standard InChI is InChI=1S/C18H19N5O2/c24-17(10-13-11-25-8-7-19-13)21-12-4-5-14-16(9-12)23-18(22-14)15-3-1-2-6-20-15/h1-6,9,13,19H,7-8,10-11H2,(H,21,24)(H,22,23). The van der Waals surface area contributed by atoms with Gasteiger partial charge in [0.25, 0.3) is 0 Å². The van der Waals surface area contributed by atoms with Crippen molar-refractivity contribution < 1.29 is 9.53 Å². The number of aromatic nitrogens is 3. The van der Waals surface area contributed by atoms with Crippen LogP contribution in [0.3, 0.4) is 0 Å². The highest BCUT2D eigenvalue weighted by atomic mass is 16.5. The molecule has 1 aliphatic rings. The smallest absolute Gasteiger partial charge is 0.226 e. The molecule has 0 spiro atoms. The van der Waals surface area contributed by atoms with E-state index < -0.39 is 0 Å². The highest BCUT2D eigenvalue weighted by molar-refractivity contribution is 5.93. The monoisotopic (exact) mass is 337 g/mol. The van der Waals surface area contributed by atoms with Crippen molar-refractivity contribution >= 4 is 22.6 Å². The van der Waals surface area contributed by atoms with Gasteiger partial charge in [0.15, 0.2) is 5.82 Å². The van der Waals surface area contributed by atoms with Gasteiger partial charge in [-0.05, 0) is 30.3 Å². The SMILES string of the molecule is O=C(CC1COCCN1)Nc1ccc2nc(-c3ccccn3)[nH]c2c1. The number of hydrogen-bond acceptors (Lipinski definition) is 5. The normalized spacial score (nSPS) is 17.5. The zero-order valence-corrected chi connectivity index (χ0v) is 13.7. The van der Waals surface area contributed by atoms with Crippen molar-refractivity contribution in [3.8, 4) is 11.5 Å². The number of anilines is 1. The Kier molecular flexibility index (Phi) is 4.41. The van der Waals surface area contributed by atoms with Gasteiger partial charge < -0.3 is 20.4 Å². The molecule has 1 amide bonds. The summed E-state index contributed by atoms with van der Waals surface area (Å²) < 4.78 is 5.37. The number of fused-ring (bicyclic) bond motifs is 1. The lowest BCUT2D eigenvalue weighted by molar-refractivity contribution is -0.117. The number of morpholine rings is 1. The van der Waals surface area contributed by atoms with Gasteiger partial charge in [0.05, 0.1) is 24.2 Å². The molecule has 1 saturated heterocycles. The zero-order chi connectivity index (χ0) is 17.1. The molecule has 0 radical (unpaired) electrons. The van der Waals surface area contributed by atoms with Crippen LogP contribution in [-0.4, -0.2) is 46.7 Å². The average Bonchev–Trinajstić information content (AvgIpc) is 3.06. The minimum atomic E-state index is -0.0354. The number of imidazole rings is 1. The highest BCUT2D eigenvalue weighted by Gasteiger charge is 2.17. The molecular formula is C18H19N5O2. The highest BCUT2D eigenvalue weighted by Crippen LogP contribution is 2.21. The molecule has 0 aliphatic carbocycles. The number of hydrogen-bond donors (Lipinski definition) is 3. The van der Waals surface area contributed by atoms with E-state index in [2.05, 4.69) is 25.6 Å². The van der Waals surface area contributed by atoms with Crippen molar-refractivity contribution in [3.63, 3.8) is 0 Å². The van der Waals surface area contributed by atoms with Crippen molar-refractivity contribution in [3.05, 3.63) is 42.6 Å². The van der Waals surface area contributed by atoms with Gasteiger partial charge in [0.2, 0.25) is 5.91 Å². The van der Waals surface area contributed by atoms with Crippen molar-refractivity contribution in [2.75, 3.05) is 25.1 Å². The summed E-state index contributed by atoms with van der Waals surface area (Å²) in [4.78, 5) is 24.3. The number of rotatable bonds is 4. The lowest BCUT2D eigenvalue weighted by Gasteiger charge is -2.23. The Hall–Kier alpha value is -2.77. The summed E-state index contributed by atoms with van der Waals surface area (Å²) in [6.45, 7) is 2.06. The Labute approximate surface area is 144 Å². The molecule has 7 nitrogen and oxygen atoms in total. The molecule has 3 N–H and O–H groups in total. The van der Waals surface area contributed by atoms with E-state index >= 15 is 0 Å². The number of nitrogens with zero attached hydrogens (tertiary/aromatic N) is 2. The molecule has 1 aromatic carbocycles. The molecule has 4 rings (SSSR count). The summed E-state index contributed by atoms with van der Waals surface area (Å²) in [6, 6.07) is 11.4. The van der Waals surface area contributed by atoms with E-state index in [1.165, 1.54) is 0 Å². The molecule has 0 bridgehead atoms. The van der Waals surface area contributed by atoms with Crippen molar-refractivity contribution in [2.24, 2.45) is 0 Å². The summed E-state index contributed by atoms with van der Waals surface area (Å²) >= 11 is 0. The van der Waals surface area contributed by atoms with E-state index in [0.717, 1.165) is 29.0 Å². The van der Waals surface area contributed by atoms with Crippen LogP contribution in [0.25, 0.3) is 22.6 Å². The fourth-order valence-corrected chi connectivity index (χ4v) is 2.90. The molecule has 25 heavy (non-hydrogen) atoms. The van der Waals surface area contributed by atoms with E-state index in [9.17, 15) is 4.79 Å². The first-order valence-corrected chi connectivity index (χ1v) is 8.30. The van der Waals surface area contributed by atoms with Crippen LogP contribution in [0.1, 0.15) is 6.42 Å². The second kappa shape index (κ2) is 7.00. The molecule has 0 saturated carbocycles. The van der Waals surface area contributed by atoms with Gasteiger partial charge in [-0.3, -0.25) is 9.78 Å². The van der Waals surface area contributed by atoms with Crippen LogP contribution in [0.2, 0.25) is 0 Å². The molecule has 7 heteroatoms. The summed E-state index contributed by atoms with van der Waals surface area (Å²) in [5.41, 5.74) is 3.22. The molecule has 3 heterocycles. The van der Waals surface area contributed by atoms with E-state index in [0.29, 0.717) is 25.5 Å². The van der Waals surface area contributed by atoms with Crippen LogP contribution in [0, 0.1) is 0 Å². The Bertz CT molecular complexity index is 872. The van der Waals surface area contributed by atoms with Gasteiger partial charge in [-0.1, -0.05) is 6.07 Å². The number of nitrogens with one attached hydrogen (secondary N) is 3. The third-order valence-corrected chi connectivity index (χ3v) is 4.10. The maximum Gasteiger partial charge on any atom is 0.226 e. The van der Waals surface area contributed by atoms with Crippen LogP contribution >= 0.6 is 0 Å². The van der Waals surface area contributed by atoms with Crippen LogP contribution in [0.4, 0.5) is 5.69 Å². The first-order valence-electron chi connectivity index (χ1n) is 8.30. The van der Waals surface area contributed by atoms with E-state index in [1.807, 2.05) is 36.4 Å². The van der Waals surface area contributed by atoms with E-state index in [-0.39, 0.29) is 11.9 Å². The van der Waals surface area contributed by atoms with Crippen molar-refractivity contribution in [1.29, 1.82) is 0 Å². The maximum atomic E-state index is 12.2. The maximum absolute atomic E-state index is 12.2. The molecule has 1 atom stereocenters. The van der Waals surface area contributed by atoms with Gasteiger partial charge in [-0.15, -0.1) is 0 Å². The van der Waals surface area contributed by atoms with Crippen LogP contribution in [-0.2, 0) is 9.53 Å². The summed E-state index contributed by atoms with van der Waals surface area (Å²) in [7, 11) is 0. The average molecular weight is 337 g/mol. The van der Waals surface area contributed by atoms with E-state index in [4.69, 9.17) is 4.74 Å². The van der Waals surface area contributed by atoms with Gasteiger partial charge in [-0.2, -0.15) is 0 Å². The number of carbonyl (C=O) groups is 1. The first-order chi connectivity index (χ1) is 12.3. The predicted molar refractivity (Wildman–Crippen MR) is 95.2 cm³/mol. The lowest BCUT2D eigenvalue weighted by Crippen LogP contribution is -2.43. The zero-order valence-electron chi connectivity index (χ0n) is 13.7. The summed E-state index contributed by atoms with van der Waals surface area (Å²) in [6.07, 6.45) is 2.12. The Balaban J connectivity index is 1.48. The first kappa shape index (κ1) is 15.7. The number of benzene rings is 1. The topological polar surface area (TPSA) is 91.9 Å². The molecule has 2 aromatic heterocycles. The second-order valence-corrected chi connectivity index (χ2v) is 6.01. The van der Waals surface area contributed by atoms with Crippen molar-refractivity contribution in [2.45, 2.75) is 12.5 Å². The minimum Gasteiger partial charge on any atom is -0.378 e. The van der Waals surface area contributed by atoms with Gasteiger partial charge >= 0.3 is 0 Å². The Morgan fingerprint density at radius 3 is 3.08 bits per heavy atom. The number of carbonyl (C=O) groups excluding carboxylic acids is 1.